The van der Waals surface area contributed by atoms with Gasteiger partial charge < -0.3 is 20.0 Å². The van der Waals surface area contributed by atoms with Gasteiger partial charge in [0.05, 0.1) is 6.33 Å². The molecule has 0 aliphatic rings. The van der Waals surface area contributed by atoms with E-state index >= 15 is 0 Å². The number of carbonyl (C=O) groups is 1. The highest BCUT2D eigenvalue weighted by molar-refractivity contribution is 5.96. The standard InChI is InChI=1S/C19H13F2N5O2/c20-13-2-1-3-14(21)15(13)18-25-16(17(22)27)19(28-18)24-11-4-6-12(7-5-11)26-9-8-23-10-26/h1-10,24H,(H2,22,27). The highest BCUT2D eigenvalue weighted by Gasteiger charge is 2.23. The smallest absolute Gasteiger partial charge is 0.273 e. The van der Waals surface area contributed by atoms with Crippen LogP contribution in [0.5, 0.6) is 0 Å². The van der Waals surface area contributed by atoms with E-state index in [9.17, 15) is 13.6 Å². The summed E-state index contributed by atoms with van der Waals surface area (Å²) in [5, 5.41) is 2.86. The van der Waals surface area contributed by atoms with Crippen LogP contribution in [-0.2, 0) is 0 Å². The Morgan fingerprint density at radius 1 is 1.11 bits per heavy atom. The van der Waals surface area contributed by atoms with Crippen molar-refractivity contribution in [1.29, 1.82) is 0 Å². The van der Waals surface area contributed by atoms with Crippen molar-refractivity contribution >= 4 is 17.5 Å². The molecular formula is C19H13F2N5O2. The molecule has 0 saturated carbocycles. The first-order chi connectivity index (χ1) is 13.5. The number of hydrogen-bond acceptors (Lipinski definition) is 5. The lowest BCUT2D eigenvalue weighted by atomic mass is 10.2. The average Bonchev–Trinajstić information content (AvgIpc) is 3.33. The molecule has 2 aromatic heterocycles. The van der Waals surface area contributed by atoms with E-state index < -0.39 is 23.1 Å². The first-order valence-corrected chi connectivity index (χ1v) is 8.13. The molecule has 4 rings (SSSR count). The number of nitrogens with two attached hydrogens (primary N) is 1. The van der Waals surface area contributed by atoms with Gasteiger partial charge in [0.25, 0.3) is 5.91 Å². The zero-order valence-corrected chi connectivity index (χ0v) is 14.3. The lowest BCUT2D eigenvalue weighted by Crippen LogP contribution is -2.13. The highest BCUT2D eigenvalue weighted by Crippen LogP contribution is 2.31. The Morgan fingerprint density at radius 2 is 1.82 bits per heavy atom. The van der Waals surface area contributed by atoms with Crippen LogP contribution < -0.4 is 11.1 Å². The maximum Gasteiger partial charge on any atom is 0.273 e. The van der Waals surface area contributed by atoms with Gasteiger partial charge in [-0.05, 0) is 36.4 Å². The van der Waals surface area contributed by atoms with Gasteiger partial charge in [-0.15, -0.1) is 0 Å². The minimum Gasteiger partial charge on any atom is -0.419 e. The van der Waals surface area contributed by atoms with Crippen LogP contribution >= 0.6 is 0 Å². The summed E-state index contributed by atoms with van der Waals surface area (Å²) in [5.74, 6) is -3.13. The molecule has 0 bridgehead atoms. The minimum atomic E-state index is -0.899. The summed E-state index contributed by atoms with van der Waals surface area (Å²) in [6.45, 7) is 0. The van der Waals surface area contributed by atoms with Crippen LogP contribution in [0.4, 0.5) is 20.4 Å². The van der Waals surface area contributed by atoms with Crippen LogP contribution in [-0.4, -0.2) is 20.4 Å². The number of amides is 1. The molecule has 4 aromatic rings. The summed E-state index contributed by atoms with van der Waals surface area (Å²) < 4.78 is 35.2. The van der Waals surface area contributed by atoms with Crippen LogP contribution in [0.15, 0.2) is 65.6 Å². The quantitative estimate of drug-likeness (QED) is 0.550. The second kappa shape index (κ2) is 6.95. The van der Waals surface area contributed by atoms with E-state index in [-0.39, 0.29) is 17.5 Å². The number of imidazole rings is 1. The molecule has 0 aliphatic carbocycles. The summed E-state index contributed by atoms with van der Waals surface area (Å²) in [7, 11) is 0. The molecule has 7 nitrogen and oxygen atoms in total. The summed E-state index contributed by atoms with van der Waals surface area (Å²) >= 11 is 0. The minimum absolute atomic E-state index is 0.111. The summed E-state index contributed by atoms with van der Waals surface area (Å²) in [5.41, 5.74) is 6.00. The number of oxazole rings is 1. The SMILES string of the molecule is NC(=O)c1nc(-c2c(F)cccc2F)oc1Nc1ccc(-n2ccnc2)cc1. The van der Waals surface area contributed by atoms with Gasteiger partial charge in [0.1, 0.15) is 17.2 Å². The molecule has 28 heavy (non-hydrogen) atoms. The molecule has 2 heterocycles. The molecule has 0 fully saturated rings. The zero-order valence-electron chi connectivity index (χ0n) is 14.3. The first-order valence-electron chi connectivity index (χ1n) is 8.13. The fourth-order valence-electron chi connectivity index (χ4n) is 2.64. The molecule has 0 aliphatic heterocycles. The van der Waals surface area contributed by atoms with Crippen molar-refractivity contribution in [3.8, 4) is 17.1 Å². The Balaban J connectivity index is 1.68. The van der Waals surface area contributed by atoms with E-state index in [1.807, 2.05) is 16.7 Å². The molecule has 1 amide bonds. The first kappa shape index (κ1) is 17.4. The normalized spacial score (nSPS) is 10.8. The number of primary amides is 1. The number of rotatable bonds is 5. The third kappa shape index (κ3) is 3.20. The predicted octanol–water partition coefficient (Wildman–Crippen LogP) is 3.65. The molecule has 3 N–H and O–H groups in total. The van der Waals surface area contributed by atoms with Gasteiger partial charge >= 0.3 is 0 Å². The second-order valence-corrected chi connectivity index (χ2v) is 5.80. The van der Waals surface area contributed by atoms with Crippen molar-refractivity contribution in [2.75, 3.05) is 5.32 Å². The van der Waals surface area contributed by atoms with E-state index in [0.717, 1.165) is 17.8 Å². The average molecular weight is 381 g/mol. The van der Waals surface area contributed by atoms with E-state index in [1.165, 1.54) is 6.07 Å². The molecule has 140 valence electrons. The number of hydrogen-bond donors (Lipinski definition) is 2. The number of benzene rings is 2. The Labute approximate surface area is 157 Å². The number of nitrogens with one attached hydrogen (secondary N) is 1. The monoisotopic (exact) mass is 381 g/mol. The van der Waals surface area contributed by atoms with Crippen molar-refractivity contribution in [2.24, 2.45) is 5.73 Å². The van der Waals surface area contributed by atoms with Gasteiger partial charge in [0.15, 0.2) is 5.69 Å². The third-order valence-corrected chi connectivity index (χ3v) is 3.96. The fraction of sp³-hybridized carbons (Fsp3) is 0. The summed E-state index contributed by atoms with van der Waals surface area (Å²) in [6.07, 6.45) is 5.10. The van der Waals surface area contributed by atoms with Gasteiger partial charge in [0, 0.05) is 23.8 Å². The Morgan fingerprint density at radius 3 is 2.43 bits per heavy atom. The van der Waals surface area contributed by atoms with E-state index in [4.69, 9.17) is 10.2 Å². The van der Waals surface area contributed by atoms with Crippen LogP contribution in [0.1, 0.15) is 10.5 Å². The lowest BCUT2D eigenvalue weighted by Gasteiger charge is -2.06. The van der Waals surface area contributed by atoms with Gasteiger partial charge in [-0.2, -0.15) is 0 Å². The van der Waals surface area contributed by atoms with Gasteiger partial charge in [-0.3, -0.25) is 4.79 Å². The van der Waals surface area contributed by atoms with Gasteiger partial charge in [-0.1, -0.05) is 6.07 Å². The van der Waals surface area contributed by atoms with Gasteiger partial charge in [0.2, 0.25) is 11.8 Å². The van der Waals surface area contributed by atoms with E-state index in [0.29, 0.717) is 5.69 Å². The number of aromatic nitrogens is 3. The van der Waals surface area contributed by atoms with E-state index in [1.54, 1.807) is 30.9 Å². The molecule has 0 spiro atoms. The van der Waals surface area contributed by atoms with Crippen molar-refractivity contribution in [3.63, 3.8) is 0 Å². The van der Waals surface area contributed by atoms with E-state index in [2.05, 4.69) is 15.3 Å². The highest BCUT2D eigenvalue weighted by atomic mass is 19.1. The summed E-state index contributed by atoms with van der Waals surface area (Å²) in [6, 6.07) is 10.4. The second-order valence-electron chi connectivity index (χ2n) is 5.80. The predicted molar refractivity (Wildman–Crippen MR) is 97.2 cm³/mol. The third-order valence-electron chi connectivity index (χ3n) is 3.96. The topological polar surface area (TPSA) is 99.0 Å². The zero-order chi connectivity index (χ0) is 19.7. The lowest BCUT2D eigenvalue weighted by molar-refractivity contribution is 0.0996. The van der Waals surface area contributed by atoms with Crippen molar-refractivity contribution < 1.29 is 18.0 Å². The number of nitrogens with zero attached hydrogens (tertiary/aromatic N) is 3. The number of carbonyl (C=O) groups excluding carboxylic acids is 1. The fourth-order valence-corrected chi connectivity index (χ4v) is 2.64. The van der Waals surface area contributed by atoms with Gasteiger partial charge in [-0.25, -0.2) is 18.7 Å². The summed E-state index contributed by atoms with van der Waals surface area (Å²) in [4.78, 5) is 19.5. The Hall–Kier alpha value is -4.01. The van der Waals surface area contributed by atoms with Crippen LogP contribution in [0.3, 0.4) is 0 Å². The van der Waals surface area contributed by atoms with Crippen LogP contribution in [0, 0.1) is 11.6 Å². The molecule has 0 saturated heterocycles. The molecular weight excluding hydrogens is 368 g/mol. The molecule has 0 unspecified atom stereocenters. The molecule has 0 radical (unpaired) electrons. The molecule has 2 aromatic carbocycles. The maximum absolute atomic E-state index is 14.0. The van der Waals surface area contributed by atoms with Crippen LogP contribution in [0.2, 0.25) is 0 Å². The Bertz CT molecular complexity index is 1120. The maximum atomic E-state index is 14.0. The molecule has 9 heteroatoms. The Kier molecular flexibility index (Phi) is 4.32. The van der Waals surface area contributed by atoms with Crippen molar-refractivity contribution in [1.82, 2.24) is 14.5 Å². The van der Waals surface area contributed by atoms with Crippen molar-refractivity contribution in [2.45, 2.75) is 0 Å². The van der Waals surface area contributed by atoms with Crippen LogP contribution in [0.25, 0.3) is 17.1 Å². The molecule has 0 atom stereocenters. The van der Waals surface area contributed by atoms with Crippen molar-refractivity contribution in [3.05, 3.63) is 78.5 Å². The largest absolute Gasteiger partial charge is 0.419 e. The number of anilines is 2. The number of halogens is 2.